The normalized spacial score (nSPS) is 12.8. The Balaban J connectivity index is 1.82. The van der Waals surface area contributed by atoms with Crippen LogP contribution < -0.4 is 0 Å². The van der Waals surface area contributed by atoms with Crippen molar-refractivity contribution in [1.29, 1.82) is 0 Å². The maximum Gasteiger partial charge on any atom is 0.520 e. The molecule has 2 aromatic carbocycles. The van der Waals surface area contributed by atoms with E-state index in [1.54, 1.807) is 48.5 Å². The standard InChI is InChI=1S/C16H12Br2O5/c17-13(11-7-3-1-4-8-11)21-15(19)23-16(20)22-14(18)12-9-5-2-6-10-12/h1-10,13-14H. The summed E-state index contributed by atoms with van der Waals surface area (Å²) < 4.78 is 14.3. The van der Waals surface area contributed by atoms with E-state index in [1.807, 2.05) is 12.1 Å². The highest BCUT2D eigenvalue weighted by atomic mass is 79.9. The van der Waals surface area contributed by atoms with Gasteiger partial charge in [-0.3, -0.25) is 0 Å². The van der Waals surface area contributed by atoms with Gasteiger partial charge in [-0.1, -0.05) is 60.7 Å². The Morgan fingerprint density at radius 3 is 1.39 bits per heavy atom. The molecule has 0 N–H and O–H groups in total. The van der Waals surface area contributed by atoms with Crippen molar-refractivity contribution >= 4 is 44.2 Å². The maximum atomic E-state index is 11.6. The predicted molar refractivity (Wildman–Crippen MR) is 90.3 cm³/mol. The van der Waals surface area contributed by atoms with Crippen molar-refractivity contribution in [3.05, 3.63) is 71.8 Å². The van der Waals surface area contributed by atoms with Gasteiger partial charge in [0, 0.05) is 11.1 Å². The molecule has 0 aliphatic carbocycles. The smallest absolute Gasteiger partial charge is 0.414 e. The molecule has 2 aromatic rings. The van der Waals surface area contributed by atoms with Crippen LogP contribution in [0.15, 0.2) is 60.7 Å². The Kier molecular flexibility index (Phi) is 6.61. The van der Waals surface area contributed by atoms with Crippen molar-refractivity contribution in [3.8, 4) is 0 Å². The molecule has 0 spiro atoms. The number of rotatable bonds is 4. The Hall–Kier alpha value is -1.86. The number of hydrogen-bond acceptors (Lipinski definition) is 5. The van der Waals surface area contributed by atoms with Crippen molar-refractivity contribution in [3.63, 3.8) is 0 Å². The predicted octanol–water partition coefficient (Wildman–Crippen LogP) is 5.46. The van der Waals surface area contributed by atoms with Gasteiger partial charge in [0.2, 0.25) is 0 Å². The van der Waals surface area contributed by atoms with Crippen LogP contribution in [0.3, 0.4) is 0 Å². The Morgan fingerprint density at radius 2 is 1.04 bits per heavy atom. The average Bonchev–Trinajstić information content (AvgIpc) is 2.56. The molecule has 2 atom stereocenters. The third kappa shape index (κ3) is 5.69. The lowest BCUT2D eigenvalue weighted by Gasteiger charge is -2.13. The van der Waals surface area contributed by atoms with Crippen molar-refractivity contribution in [1.82, 2.24) is 0 Å². The summed E-state index contributed by atoms with van der Waals surface area (Å²) in [7, 11) is 0. The van der Waals surface area contributed by atoms with Crippen LogP contribution in [-0.4, -0.2) is 12.3 Å². The topological polar surface area (TPSA) is 61.8 Å². The number of benzene rings is 2. The van der Waals surface area contributed by atoms with Gasteiger partial charge >= 0.3 is 12.3 Å². The van der Waals surface area contributed by atoms with Crippen LogP contribution in [0, 0.1) is 0 Å². The first kappa shape index (κ1) is 17.5. The first-order valence-electron chi connectivity index (χ1n) is 6.53. The monoisotopic (exact) mass is 442 g/mol. The van der Waals surface area contributed by atoms with Crippen molar-refractivity contribution < 1.29 is 23.8 Å². The third-order valence-corrected chi connectivity index (χ3v) is 4.12. The lowest BCUT2D eigenvalue weighted by atomic mass is 10.2. The lowest BCUT2D eigenvalue weighted by molar-refractivity contribution is 0.0292. The molecule has 0 bridgehead atoms. The second kappa shape index (κ2) is 8.69. The summed E-state index contributed by atoms with van der Waals surface area (Å²) >= 11 is 6.36. The van der Waals surface area contributed by atoms with E-state index in [0.29, 0.717) is 11.1 Å². The first-order chi connectivity index (χ1) is 11.1. The highest BCUT2D eigenvalue weighted by Gasteiger charge is 2.21. The Morgan fingerprint density at radius 1 is 0.696 bits per heavy atom. The van der Waals surface area contributed by atoms with Gasteiger partial charge < -0.3 is 14.2 Å². The largest absolute Gasteiger partial charge is 0.520 e. The van der Waals surface area contributed by atoms with Crippen LogP contribution in [0.4, 0.5) is 9.59 Å². The second-order valence-electron chi connectivity index (χ2n) is 4.29. The Bertz CT molecular complexity index is 591. The van der Waals surface area contributed by atoms with Gasteiger partial charge in [-0.2, -0.15) is 0 Å². The van der Waals surface area contributed by atoms with Crippen molar-refractivity contribution in [2.75, 3.05) is 0 Å². The summed E-state index contributed by atoms with van der Waals surface area (Å²) in [5, 5.41) is -1.45. The SMILES string of the molecule is O=C(OC(=O)OC(Br)c1ccccc1)OC(Br)c1ccccc1. The summed E-state index contributed by atoms with van der Waals surface area (Å²) in [5.41, 5.74) is 1.42. The molecule has 0 aliphatic heterocycles. The zero-order chi connectivity index (χ0) is 16.7. The van der Waals surface area contributed by atoms with Gasteiger partial charge in [-0.25, -0.2) is 9.59 Å². The zero-order valence-electron chi connectivity index (χ0n) is 11.7. The lowest BCUT2D eigenvalue weighted by Crippen LogP contribution is -2.16. The first-order valence-corrected chi connectivity index (χ1v) is 8.36. The molecular weight excluding hydrogens is 432 g/mol. The van der Waals surface area contributed by atoms with E-state index in [-0.39, 0.29) is 0 Å². The minimum atomic E-state index is -1.16. The van der Waals surface area contributed by atoms with E-state index < -0.39 is 22.3 Å². The molecule has 0 heterocycles. The summed E-state index contributed by atoms with van der Waals surface area (Å²) in [6.45, 7) is 0. The number of alkyl halides is 2. The van der Waals surface area contributed by atoms with Gasteiger partial charge in [0.25, 0.3) is 0 Å². The molecule has 0 aromatic heterocycles. The molecule has 0 saturated carbocycles. The molecular formula is C16H12Br2O5. The molecule has 0 saturated heterocycles. The van der Waals surface area contributed by atoms with Crippen LogP contribution in [-0.2, 0) is 14.2 Å². The second-order valence-corrected chi connectivity index (χ2v) is 5.95. The van der Waals surface area contributed by atoms with E-state index in [0.717, 1.165) is 0 Å². The summed E-state index contributed by atoms with van der Waals surface area (Å²) in [4.78, 5) is 23.1. The molecule has 7 heteroatoms. The fourth-order valence-electron chi connectivity index (χ4n) is 1.63. The summed E-state index contributed by atoms with van der Waals surface area (Å²) in [6, 6.07) is 17.9. The van der Waals surface area contributed by atoms with Gasteiger partial charge in [-0.05, 0) is 31.9 Å². The highest BCUT2D eigenvalue weighted by molar-refractivity contribution is 9.09. The maximum absolute atomic E-state index is 11.6. The minimum Gasteiger partial charge on any atom is -0.414 e. The van der Waals surface area contributed by atoms with Crippen molar-refractivity contribution in [2.45, 2.75) is 10.0 Å². The molecule has 2 unspecified atom stereocenters. The quantitative estimate of drug-likeness (QED) is 0.356. The van der Waals surface area contributed by atoms with Crippen LogP contribution in [0.5, 0.6) is 0 Å². The van der Waals surface area contributed by atoms with E-state index in [4.69, 9.17) is 9.47 Å². The number of carbonyl (C=O) groups excluding carboxylic acids is 2. The average molecular weight is 444 g/mol. The van der Waals surface area contributed by atoms with Gasteiger partial charge in [0.15, 0.2) is 10.0 Å². The molecule has 5 nitrogen and oxygen atoms in total. The highest BCUT2D eigenvalue weighted by Crippen LogP contribution is 2.26. The van der Waals surface area contributed by atoms with Crippen LogP contribution in [0.1, 0.15) is 21.2 Å². The third-order valence-electron chi connectivity index (χ3n) is 2.69. The summed E-state index contributed by atoms with van der Waals surface area (Å²) in [5.74, 6) is 0. The van der Waals surface area contributed by atoms with E-state index in [1.165, 1.54) is 0 Å². The number of ether oxygens (including phenoxy) is 3. The van der Waals surface area contributed by atoms with E-state index >= 15 is 0 Å². The molecule has 2 rings (SSSR count). The van der Waals surface area contributed by atoms with Crippen molar-refractivity contribution in [2.24, 2.45) is 0 Å². The number of hydrogen-bond donors (Lipinski definition) is 0. The van der Waals surface area contributed by atoms with E-state index in [9.17, 15) is 9.59 Å². The molecule has 0 amide bonds. The van der Waals surface area contributed by atoms with Gasteiger partial charge in [0.05, 0.1) is 0 Å². The minimum absolute atomic E-state index is 0.709. The number of halogens is 2. The molecule has 0 fully saturated rings. The molecule has 0 aliphatic rings. The molecule has 120 valence electrons. The molecule has 0 radical (unpaired) electrons. The van der Waals surface area contributed by atoms with E-state index in [2.05, 4.69) is 36.6 Å². The fourth-order valence-corrected chi connectivity index (χ4v) is 2.55. The summed E-state index contributed by atoms with van der Waals surface area (Å²) in [6.07, 6.45) is -2.32. The zero-order valence-corrected chi connectivity index (χ0v) is 14.9. The van der Waals surface area contributed by atoms with Crippen LogP contribution in [0.2, 0.25) is 0 Å². The van der Waals surface area contributed by atoms with Crippen LogP contribution >= 0.6 is 31.9 Å². The van der Waals surface area contributed by atoms with Gasteiger partial charge in [-0.15, -0.1) is 0 Å². The van der Waals surface area contributed by atoms with Gasteiger partial charge in [0.1, 0.15) is 0 Å². The fraction of sp³-hybridized carbons (Fsp3) is 0.125. The van der Waals surface area contributed by atoms with Crippen LogP contribution in [0.25, 0.3) is 0 Å². The number of carbonyl (C=O) groups is 2. The molecule has 23 heavy (non-hydrogen) atoms. The Labute approximate surface area is 149 Å².